The lowest BCUT2D eigenvalue weighted by Gasteiger charge is -2.10. The minimum Gasteiger partial charge on any atom is -0.298 e. The monoisotopic (exact) mass is 381 g/mol. The maximum Gasteiger partial charge on any atom is 0.417 e. The van der Waals surface area contributed by atoms with Crippen LogP contribution in [-0.2, 0) is 12.7 Å². The smallest absolute Gasteiger partial charge is 0.298 e. The van der Waals surface area contributed by atoms with Crippen LogP contribution in [0.5, 0.6) is 0 Å². The maximum atomic E-state index is 13.7. The van der Waals surface area contributed by atoms with E-state index >= 15 is 0 Å². The number of halogens is 3. The molecule has 128 valence electrons. The highest BCUT2D eigenvalue weighted by Gasteiger charge is 2.35. The zero-order valence-corrected chi connectivity index (χ0v) is 14.4. The number of hydrogen-bond acceptors (Lipinski definition) is 5. The summed E-state index contributed by atoms with van der Waals surface area (Å²) in [7, 11) is 0. The number of pyridine rings is 1. The van der Waals surface area contributed by atoms with Crippen LogP contribution in [0.1, 0.15) is 12.5 Å². The molecule has 0 aliphatic heterocycles. The van der Waals surface area contributed by atoms with E-state index in [4.69, 9.17) is 0 Å². The number of hydrogen-bond donors (Lipinski definition) is 0. The maximum absolute atomic E-state index is 13.7. The number of nitrogens with zero attached hydrogens (tertiary/aromatic N) is 3. The Labute approximate surface area is 147 Å². The van der Waals surface area contributed by atoms with Crippen molar-refractivity contribution in [1.29, 1.82) is 0 Å². The molecule has 0 saturated heterocycles. The third kappa shape index (κ3) is 2.54. The van der Waals surface area contributed by atoms with Crippen LogP contribution in [0.2, 0.25) is 0 Å². The second-order valence-electron chi connectivity index (χ2n) is 5.33. The molecule has 4 aromatic heterocycles. The first-order valence-corrected chi connectivity index (χ1v) is 9.03. The molecule has 0 amide bonds. The van der Waals surface area contributed by atoms with Crippen LogP contribution >= 0.6 is 22.7 Å². The average Bonchev–Trinajstić information content (AvgIpc) is 3.21. The molecule has 0 aliphatic rings. The van der Waals surface area contributed by atoms with Crippen molar-refractivity contribution in [2.24, 2.45) is 0 Å². The summed E-state index contributed by atoms with van der Waals surface area (Å²) in [4.78, 5) is 21.7. The third-order valence-electron chi connectivity index (χ3n) is 3.84. The first-order chi connectivity index (χ1) is 11.9. The van der Waals surface area contributed by atoms with Crippen LogP contribution in [0.3, 0.4) is 0 Å². The molecule has 4 rings (SSSR count). The Bertz CT molecular complexity index is 1140. The minimum atomic E-state index is -4.57. The lowest BCUT2D eigenvalue weighted by Crippen LogP contribution is -2.18. The van der Waals surface area contributed by atoms with Gasteiger partial charge < -0.3 is 0 Å². The number of aryl methyl sites for hydroxylation is 1. The molecule has 9 heteroatoms. The Kier molecular flexibility index (Phi) is 3.66. The quantitative estimate of drug-likeness (QED) is 0.502. The summed E-state index contributed by atoms with van der Waals surface area (Å²) in [5.74, 6) is 0. The molecule has 0 aliphatic carbocycles. The van der Waals surface area contributed by atoms with Gasteiger partial charge in [-0.2, -0.15) is 13.2 Å². The fraction of sp³-hybridized carbons (Fsp3) is 0.188. The van der Waals surface area contributed by atoms with E-state index < -0.39 is 11.7 Å². The summed E-state index contributed by atoms with van der Waals surface area (Å²) in [6.07, 6.45) is -3.29. The van der Waals surface area contributed by atoms with Crippen LogP contribution in [0.15, 0.2) is 34.7 Å². The zero-order chi connectivity index (χ0) is 17.8. The van der Waals surface area contributed by atoms with Crippen molar-refractivity contribution in [3.05, 3.63) is 45.8 Å². The molecule has 0 aromatic carbocycles. The van der Waals surface area contributed by atoms with E-state index in [1.54, 1.807) is 24.4 Å². The van der Waals surface area contributed by atoms with Crippen molar-refractivity contribution in [1.82, 2.24) is 14.5 Å². The molecule has 25 heavy (non-hydrogen) atoms. The average molecular weight is 381 g/mol. The molecule has 0 N–H and O–H groups in total. The van der Waals surface area contributed by atoms with Gasteiger partial charge in [0.25, 0.3) is 5.56 Å². The Morgan fingerprint density at radius 2 is 2.12 bits per heavy atom. The van der Waals surface area contributed by atoms with Gasteiger partial charge in [0, 0.05) is 6.54 Å². The van der Waals surface area contributed by atoms with E-state index in [2.05, 4.69) is 9.97 Å². The second-order valence-corrected chi connectivity index (χ2v) is 7.27. The molecule has 4 nitrogen and oxygen atoms in total. The summed E-state index contributed by atoms with van der Waals surface area (Å²) < 4.78 is 42.5. The second kappa shape index (κ2) is 5.63. The summed E-state index contributed by atoms with van der Waals surface area (Å²) >= 11 is 2.27. The van der Waals surface area contributed by atoms with E-state index in [0.29, 0.717) is 11.4 Å². The van der Waals surface area contributed by atoms with Gasteiger partial charge in [0.15, 0.2) is 0 Å². The number of fused-ring (bicyclic) bond motifs is 3. The predicted octanol–water partition coefficient (Wildman–Crippen LogP) is 4.77. The van der Waals surface area contributed by atoms with E-state index in [-0.39, 0.29) is 31.7 Å². The summed E-state index contributed by atoms with van der Waals surface area (Å²) in [5.41, 5.74) is -0.848. The Morgan fingerprint density at radius 3 is 2.76 bits per heavy atom. The minimum absolute atomic E-state index is 0.0623. The van der Waals surface area contributed by atoms with Gasteiger partial charge in [0.1, 0.15) is 9.53 Å². The van der Waals surface area contributed by atoms with Crippen LogP contribution < -0.4 is 5.56 Å². The van der Waals surface area contributed by atoms with E-state index in [0.717, 1.165) is 17.4 Å². The fourth-order valence-corrected chi connectivity index (χ4v) is 4.45. The number of rotatable bonds is 2. The molecular formula is C16H10F3N3OS2. The van der Waals surface area contributed by atoms with Crippen molar-refractivity contribution >= 4 is 43.1 Å². The van der Waals surface area contributed by atoms with Crippen molar-refractivity contribution in [2.75, 3.05) is 0 Å². The largest absolute Gasteiger partial charge is 0.417 e. The highest BCUT2D eigenvalue weighted by molar-refractivity contribution is 7.25. The van der Waals surface area contributed by atoms with Crippen LogP contribution in [0.4, 0.5) is 13.2 Å². The fourth-order valence-electron chi connectivity index (χ4n) is 2.66. The molecule has 0 radical (unpaired) electrons. The molecule has 0 unspecified atom stereocenters. The standard InChI is InChI=1S/C16H10F3N3OS2/c1-2-22-7-20-12-11-8(16(17,18)19)6-9(10-4-3-5-24-10)21-14(11)25-13(12)15(22)23/h3-7H,2H2,1H3. The van der Waals surface area contributed by atoms with Gasteiger partial charge in [-0.1, -0.05) is 6.07 Å². The van der Waals surface area contributed by atoms with E-state index in [9.17, 15) is 18.0 Å². The van der Waals surface area contributed by atoms with Crippen molar-refractivity contribution in [3.8, 4) is 10.6 Å². The highest BCUT2D eigenvalue weighted by Crippen LogP contribution is 2.42. The van der Waals surface area contributed by atoms with Gasteiger partial charge in [0.05, 0.1) is 33.4 Å². The number of thiophene rings is 2. The van der Waals surface area contributed by atoms with Gasteiger partial charge in [-0.05, 0) is 24.4 Å². The van der Waals surface area contributed by atoms with Gasteiger partial charge >= 0.3 is 6.18 Å². The topological polar surface area (TPSA) is 47.8 Å². The summed E-state index contributed by atoms with van der Waals surface area (Å²) in [5, 5.41) is 1.68. The lowest BCUT2D eigenvalue weighted by molar-refractivity contribution is -0.136. The molecular weight excluding hydrogens is 371 g/mol. The predicted molar refractivity (Wildman–Crippen MR) is 93.2 cm³/mol. The number of alkyl halides is 3. The third-order valence-corrected chi connectivity index (χ3v) is 5.79. The SMILES string of the molecule is CCn1cnc2c(sc3nc(-c4cccs4)cc(C(F)(F)F)c32)c1=O. The van der Waals surface area contributed by atoms with Crippen molar-refractivity contribution in [3.63, 3.8) is 0 Å². The Hall–Kier alpha value is -2.26. The highest BCUT2D eigenvalue weighted by atomic mass is 32.1. The first-order valence-electron chi connectivity index (χ1n) is 7.34. The van der Waals surface area contributed by atoms with Crippen molar-refractivity contribution in [2.45, 2.75) is 19.6 Å². The normalized spacial score (nSPS) is 12.3. The molecule has 0 saturated carbocycles. The van der Waals surface area contributed by atoms with E-state index in [1.165, 1.54) is 22.2 Å². The van der Waals surface area contributed by atoms with Crippen molar-refractivity contribution < 1.29 is 13.2 Å². The van der Waals surface area contributed by atoms with Crippen LogP contribution in [-0.4, -0.2) is 14.5 Å². The van der Waals surface area contributed by atoms with Crippen LogP contribution in [0, 0.1) is 0 Å². The lowest BCUT2D eigenvalue weighted by atomic mass is 10.1. The van der Waals surface area contributed by atoms with Crippen LogP contribution in [0.25, 0.3) is 31.0 Å². The molecule has 4 heterocycles. The zero-order valence-electron chi connectivity index (χ0n) is 12.8. The van der Waals surface area contributed by atoms with E-state index in [1.807, 2.05) is 0 Å². The molecule has 4 aromatic rings. The summed E-state index contributed by atoms with van der Waals surface area (Å²) in [6.45, 7) is 2.17. The molecule has 0 atom stereocenters. The molecule has 0 fully saturated rings. The van der Waals surface area contributed by atoms with Gasteiger partial charge in [-0.3, -0.25) is 9.36 Å². The van der Waals surface area contributed by atoms with Gasteiger partial charge in [0.2, 0.25) is 0 Å². The molecule has 0 spiro atoms. The number of aromatic nitrogens is 3. The summed E-state index contributed by atoms with van der Waals surface area (Å²) in [6, 6.07) is 4.51. The Balaban J connectivity index is 2.15. The van der Waals surface area contributed by atoms with Gasteiger partial charge in [-0.25, -0.2) is 9.97 Å². The van der Waals surface area contributed by atoms with Gasteiger partial charge in [-0.15, -0.1) is 22.7 Å². The molecule has 0 bridgehead atoms. The first kappa shape index (κ1) is 16.2. The Morgan fingerprint density at radius 1 is 1.32 bits per heavy atom.